The Hall–Kier alpha value is -1.84. The molecule has 1 N–H and O–H groups in total. The summed E-state index contributed by atoms with van der Waals surface area (Å²) in [5.74, 6) is -0.837. The molecule has 1 unspecified atom stereocenters. The van der Waals surface area contributed by atoms with Crippen LogP contribution in [-0.2, 0) is 22.6 Å². The Morgan fingerprint density at radius 2 is 1.71 bits per heavy atom. The van der Waals surface area contributed by atoms with Crippen LogP contribution in [0.1, 0.15) is 43.2 Å². The first-order valence-corrected chi connectivity index (χ1v) is 7.77. The SMILES string of the molecule is O=C(O)C1Cc2ccccc2CN1C(=O)C1CCCCC1. The van der Waals surface area contributed by atoms with E-state index < -0.39 is 12.0 Å². The van der Waals surface area contributed by atoms with E-state index in [0.717, 1.165) is 36.8 Å². The van der Waals surface area contributed by atoms with Crippen LogP contribution in [-0.4, -0.2) is 27.9 Å². The van der Waals surface area contributed by atoms with E-state index in [4.69, 9.17) is 0 Å². The highest BCUT2D eigenvalue weighted by atomic mass is 16.4. The van der Waals surface area contributed by atoms with Gasteiger partial charge in [0.15, 0.2) is 0 Å². The van der Waals surface area contributed by atoms with Gasteiger partial charge in [0.2, 0.25) is 5.91 Å². The van der Waals surface area contributed by atoms with E-state index in [1.807, 2.05) is 24.3 Å². The molecule has 1 saturated carbocycles. The highest BCUT2D eigenvalue weighted by Gasteiger charge is 2.37. The molecule has 1 heterocycles. The number of carbonyl (C=O) groups is 2. The monoisotopic (exact) mass is 287 g/mol. The minimum Gasteiger partial charge on any atom is -0.480 e. The zero-order chi connectivity index (χ0) is 14.8. The molecule has 21 heavy (non-hydrogen) atoms. The zero-order valence-electron chi connectivity index (χ0n) is 12.1. The van der Waals surface area contributed by atoms with Crippen molar-refractivity contribution in [1.82, 2.24) is 4.90 Å². The third kappa shape index (κ3) is 2.80. The van der Waals surface area contributed by atoms with Gasteiger partial charge in [0.05, 0.1) is 0 Å². The van der Waals surface area contributed by atoms with Crippen molar-refractivity contribution in [3.05, 3.63) is 35.4 Å². The Kier molecular flexibility index (Phi) is 3.95. The van der Waals surface area contributed by atoms with E-state index in [9.17, 15) is 14.7 Å². The number of carbonyl (C=O) groups excluding carboxylic acids is 1. The molecule has 0 spiro atoms. The van der Waals surface area contributed by atoms with Crippen LogP contribution in [0.2, 0.25) is 0 Å². The minimum atomic E-state index is -0.895. The van der Waals surface area contributed by atoms with E-state index in [1.165, 1.54) is 6.42 Å². The first-order valence-electron chi connectivity index (χ1n) is 7.77. The maximum atomic E-state index is 12.7. The van der Waals surface area contributed by atoms with E-state index in [-0.39, 0.29) is 11.8 Å². The number of carboxylic acid groups (broad SMARTS) is 1. The summed E-state index contributed by atoms with van der Waals surface area (Å²) in [6.07, 6.45) is 5.59. The number of hydrogen-bond donors (Lipinski definition) is 1. The average molecular weight is 287 g/mol. The highest BCUT2D eigenvalue weighted by molar-refractivity contribution is 5.86. The van der Waals surface area contributed by atoms with Gasteiger partial charge >= 0.3 is 5.97 Å². The summed E-state index contributed by atoms with van der Waals surface area (Å²) in [5.41, 5.74) is 2.14. The lowest BCUT2D eigenvalue weighted by Crippen LogP contribution is -2.50. The Labute approximate surface area is 124 Å². The van der Waals surface area contributed by atoms with Gasteiger partial charge in [0, 0.05) is 18.9 Å². The van der Waals surface area contributed by atoms with E-state index in [0.29, 0.717) is 13.0 Å². The van der Waals surface area contributed by atoms with E-state index in [1.54, 1.807) is 4.90 Å². The van der Waals surface area contributed by atoms with Crippen LogP contribution in [0.4, 0.5) is 0 Å². The number of benzene rings is 1. The second kappa shape index (κ2) is 5.88. The maximum Gasteiger partial charge on any atom is 0.326 e. The van der Waals surface area contributed by atoms with Crippen LogP contribution >= 0.6 is 0 Å². The second-order valence-corrected chi connectivity index (χ2v) is 6.13. The molecule has 0 aromatic heterocycles. The molecule has 4 heteroatoms. The van der Waals surface area contributed by atoms with E-state index in [2.05, 4.69) is 0 Å². The summed E-state index contributed by atoms with van der Waals surface area (Å²) in [7, 11) is 0. The first-order chi connectivity index (χ1) is 10.2. The van der Waals surface area contributed by atoms with Crippen molar-refractivity contribution in [2.24, 2.45) is 5.92 Å². The molecule has 4 nitrogen and oxygen atoms in total. The molecule has 1 aliphatic heterocycles. The normalized spacial score (nSPS) is 22.7. The molecule has 1 aromatic carbocycles. The van der Waals surface area contributed by atoms with Gasteiger partial charge in [0.1, 0.15) is 6.04 Å². The highest BCUT2D eigenvalue weighted by Crippen LogP contribution is 2.30. The van der Waals surface area contributed by atoms with Crippen molar-refractivity contribution < 1.29 is 14.7 Å². The van der Waals surface area contributed by atoms with Crippen LogP contribution in [0.15, 0.2) is 24.3 Å². The second-order valence-electron chi connectivity index (χ2n) is 6.13. The van der Waals surface area contributed by atoms with Gasteiger partial charge in [-0.1, -0.05) is 43.5 Å². The zero-order valence-corrected chi connectivity index (χ0v) is 12.1. The molecule has 2 aliphatic rings. The number of aliphatic carboxylic acids is 1. The van der Waals surface area contributed by atoms with Crippen LogP contribution < -0.4 is 0 Å². The summed E-state index contributed by atoms with van der Waals surface area (Å²) < 4.78 is 0. The number of rotatable bonds is 2. The van der Waals surface area contributed by atoms with E-state index >= 15 is 0 Å². The fourth-order valence-corrected chi connectivity index (χ4v) is 3.56. The fourth-order valence-electron chi connectivity index (χ4n) is 3.56. The van der Waals surface area contributed by atoms with Crippen molar-refractivity contribution in [3.63, 3.8) is 0 Å². The Morgan fingerprint density at radius 3 is 2.38 bits per heavy atom. The standard InChI is InChI=1S/C17H21NO3/c19-16(12-6-2-1-3-7-12)18-11-14-9-5-4-8-13(14)10-15(18)17(20)21/h4-5,8-9,12,15H,1-3,6-7,10-11H2,(H,20,21). The van der Waals surface area contributed by atoms with Crippen molar-refractivity contribution in [2.75, 3.05) is 0 Å². The average Bonchev–Trinajstić information content (AvgIpc) is 2.53. The summed E-state index contributed by atoms with van der Waals surface area (Å²) in [4.78, 5) is 25.9. The fraction of sp³-hybridized carbons (Fsp3) is 0.529. The molecular weight excluding hydrogens is 266 g/mol. The molecule has 0 bridgehead atoms. The predicted molar refractivity (Wildman–Crippen MR) is 78.7 cm³/mol. The largest absolute Gasteiger partial charge is 0.480 e. The molecule has 0 saturated heterocycles. The minimum absolute atomic E-state index is 0.0193. The maximum absolute atomic E-state index is 12.7. The molecule has 0 radical (unpaired) electrons. The van der Waals surface area contributed by atoms with Gasteiger partial charge < -0.3 is 10.0 Å². The Balaban J connectivity index is 1.85. The van der Waals surface area contributed by atoms with Crippen LogP contribution in [0.5, 0.6) is 0 Å². The van der Waals surface area contributed by atoms with Crippen LogP contribution in [0, 0.1) is 5.92 Å². The third-order valence-electron chi connectivity index (χ3n) is 4.77. The van der Waals surface area contributed by atoms with Gasteiger partial charge in [-0.3, -0.25) is 4.79 Å². The molecule has 1 aromatic rings. The number of nitrogens with zero attached hydrogens (tertiary/aromatic N) is 1. The number of carboxylic acids is 1. The lowest BCUT2D eigenvalue weighted by atomic mass is 9.86. The lowest BCUT2D eigenvalue weighted by Gasteiger charge is -2.37. The number of hydrogen-bond acceptors (Lipinski definition) is 2. The van der Waals surface area contributed by atoms with Gasteiger partial charge in [-0.05, 0) is 24.0 Å². The van der Waals surface area contributed by atoms with Crippen molar-refractivity contribution in [1.29, 1.82) is 0 Å². The molecule has 1 amide bonds. The Morgan fingerprint density at radius 1 is 1.05 bits per heavy atom. The number of fused-ring (bicyclic) bond motifs is 1. The summed E-state index contributed by atoms with van der Waals surface area (Å²) >= 11 is 0. The van der Waals surface area contributed by atoms with Gasteiger partial charge in [-0.2, -0.15) is 0 Å². The molecule has 1 fully saturated rings. The molecule has 1 atom stereocenters. The summed E-state index contributed by atoms with van der Waals surface area (Å²) in [5, 5.41) is 9.49. The van der Waals surface area contributed by atoms with Gasteiger partial charge in [-0.15, -0.1) is 0 Å². The topological polar surface area (TPSA) is 57.6 Å². The third-order valence-corrected chi connectivity index (χ3v) is 4.77. The molecule has 3 rings (SSSR count). The van der Waals surface area contributed by atoms with Crippen LogP contribution in [0.3, 0.4) is 0 Å². The smallest absolute Gasteiger partial charge is 0.326 e. The lowest BCUT2D eigenvalue weighted by molar-refractivity contribution is -0.153. The summed E-state index contributed by atoms with van der Waals surface area (Å²) in [6, 6.07) is 7.12. The van der Waals surface area contributed by atoms with Gasteiger partial charge in [0.25, 0.3) is 0 Å². The first kappa shape index (κ1) is 14.1. The van der Waals surface area contributed by atoms with Crippen molar-refractivity contribution in [3.8, 4) is 0 Å². The Bertz CT molecular complexity index is 549. The van der Waals surface area contributed by atoms with Crippen molar-refractivity contribution in [2.45, 2.75) is 51.1 Å². The quantitative estimate of drug-likeness (QED) is 0.909. The summed E-state index contributed by atoms with van der Waals surface area (Å²) in [6.45, 7) is 0.433. The number of amides is 1. The van der Waals surface area contributed by atoms with Crippen LogP contribution in [0.25, 0.3) is 0 Å². The predicted octanol–water partition coefficient (Wildman–Crippen LogP) is 2.60. The molecule has 1 aliphatic carbocycles. The van der Waals surface area contributed by atoms with Gasteiger partial charge in [-0.25, -0.2) is 4.79 Å². The molecule has 112 valence electrons. The van der Waals surface area contributed by atoms with Crippen molar-refractivity contribution >= 4 is 11.9 Å². The molecular formula is C17H21NO3.